The number of nitrogens with two attached hydrogens (primary N) is 1. The highest BCUT2D eigenvalue weighted by molar-refractivity contribution is 8.00. The zero-order chi connectivity index (χ0) is 8.91. The Bertz CT molecular complexity index is 101. The molecule has 0 spiro atoms. The first kappa shape index (κ1) is 11.5. The molecule has 0 aromatic carbocycles. The Morgan fingerprint density at radius 1 is 1.36 bits per heavy atom. The van der Waals surface area contributed by atoms with Gasteiger partial charge in [-0.2, -0.15) is 11.8 Å². The molecule has 0 rings (SSSR count). The summed E-state index contributed by atoms with van der Waals surface area (Å²) in [5.74, 6) is 1.30. The molecular weight excluding hydrogens is 170 g/mol. The van der Waals surface area contributed by atoms with E-state index in [0.717, 1.165) is 6.54 Å². The molecule has 11 heavy (non-hydrogen) atoms. The van der Waals surface area contributed by atoms with E-state index < -0.39 is 8.07 Å². The molecule has 3 heteroatoms. The molecular formula is C8H21NSSi. The van der Waals surface area contributed by atoms with Crippen LogP contribution in [0.1, 0.15) is 6.92 Å². The van der Waals surface area contributed by atoms with E-state index in [9.17, 15) is 0 Å². The fourth-order valence-corrected chi connectivity index (χ4v) is 4.09. The number of thioether (sulfide) groups is 1. The van der Waals surface area contributed by atoms with Gasteiger partial charge in [0.2, 0.25) is 0 Å². The van der Waals surface area contributed by atoms with Gasteiger partial charge >= 0.3 is 0 Å². The molecule has 0 aliphatic heterocycles. The van der Waals surface area contributed by atoms with Crippen molar-refractivity contribution in [2.45, 2.75) is 37.9 Å². The van der Waals surface area contributed by atoms with Crippen LogP contribution in [0.2, 0.25) is 25.7 Å². The van der Waals surface area contributed by atoms with Crippen molar-refractivity contribution in [1.82, 2.24) is 0 Å². The zero-order valence-electron chi connectivity index (χ0n) is 8.18. The van der Waals surface area contributed by atoms with Gasteiger partial charge in [0, 0.05) is 19.9 Å². The van der Waals surface area contributed by atoms with E-state index >= 15 is 0 Å². The third-order valence-electron chi connectivity index (χ3n) is 1.59. The lowest BCUT2D eigenvalue weighted by molar-refractivity contribution is 0.951. The van der Waals surface area contributed by atoms with Gasteiger partial charge in [0.1, 0.15) is 0 Å². The molecule has 0 aliphatic rings. The SMILES string of the molecule is CC(CN)SCC[Si](C)(C)C. The third-order valence-corrected chi connectivity index (χ3v) is 4.90. The van der Waals surface area contributed by atoms with Gasteiger partial charge in [-0.05, 0) is 11.8 Å². The minimum absolute atomic E-state index is 0.645. The molecule has 1 nitrogen and oxygen atoms in total. The summed E-state index contributed by atoms with van der Waals surface area (Å²) < 4.78 is 0. The molecule has 0 radical (unpaired) electrons. The number of rotatable bonds is 5. The summed E-state index contributed by atoms with van der Waals surface area (Å²) in [6.45, 7) is 10.3. The second-order valence-electron chi connectivity index (χ2n) is 4.23. The van der Waals surface area contributed by atoms with E-state index in [1.807, 2.05) is 11.8 Å². The van der Waals surface area contributed by atoms with Crippen molar-refractivity contribution >= 4 is 19.8 Å². The first-order valence-corrected chi connectivity index (χ1v) is 9.03. The van der Waals surface area contributed by atoms with E-state index in [0.29, 0.717) is 5.25 Å². The Kier molecular flexibility index (Phi) is 5.47. The summed E-state index contributed by atoms with van der Waals surface area (Å²) in [5.41, 5.74) is 5.51. The van der Waals surface area contributed by atoms with E-state index in [4.69, 9.17) is 5.73 Å². The average molecular weight is 191 g/mol. The Hall–Kier alpha value is 0.527. The number of hydrogen-bond donors (Lipinski definition) is 1. The standard InChI is InChI=1S/C8H21NSSi/c1-8(7-9)10-5-6-11(2,3)4/h8H,5-7,9H2,1-4H3. The molecule has 0 aromatic heterocycles. The average Bonchev–Trinajstić information content (AvgIpc) is 1.85. The maximum Gasteiger partial charge on any atom is 0.0450 e. The summed E-state index contributed by atoms with van der Waals surface area (Å²) in [5, 5.41) is 0.645. The summed E-state index contributed by atoms with van der Waals surface area (Å²) in [6, 6.07) is 1.42. The van der Waals surface area contributed by atoms with E-state index in [2.05, 4.69) is 26.6 Å². The van der Waals surface area contributed by atoms with Crippen molar-refractivity contribution in [2.24, 2.45) is 5.73 Å². The minimum Gasteiger partial charge on any atom is -0.329 e. The fourth-order valence-electron chi connectivity index (χ4n) is 0.634. The molecule has 2 N–H and O–H groups in total. The third kappa shape index (κ3) is 8.43. The van der Waals surface area contributed by atoms with Crippen molar-refractivity contribution < 1.29 is 0 Å². The summed E-state index contributed by atoms with van der Waals surface area (Å²) in [7, 11) is -0.798. The van der Waals surface area contributed by atoms with Crippen molar-refractivity contribution in [3.63, 3.8) is 0 Å². The monoisotopic (exact) mass is 191 g/mol. The molecule has 0 heterocycles. The Labute approximate surface area is 76.1 Å². The normalized spacial score (nSPS) is 15.0. The molecule has 1 unspecified atom stereocenters. The largest absolute Gasteiger partial charge is 0.329 e. The fraction of sp³-hybridized carbons (Fsp3) is 1.00. The van der Waals surface area contributed by atoms with Gasteiger partial charge in [-0.1, -0.05) is 26.6 Å². The van der Waals surface area contributed by atoms with Crippen LogP contribution in [0.5, 0.6) is 0 Å². The molecule has 0 saturated heterocycles. The van der Waals surface area contributed by atoms with E-state index in [-0.39, 0.29) is 0 Å². The summed E-state index contributed by atoms with van der Waals surface area (Å²) in [6.07, 6.45) is 0. The van der Waals surface area contributed by atoms with Gasteiger partial charge in [-0.15, -0.1) is 0 Å². The van der Waals surface area contributed by atoms with Gasteiger partial charge in [-0.25, -0.2) is 0 Å². The van der Waals surface area contributed by atoms with Gasteiger partial charge < -0.3 is 5.73 Å². The molecule has 1 atom stereocenters. The predicted octanol–water partition coefficient (Wildman–Crippen LogP) is 2.41. The van der Waals surface area contributed by atoms with Crippen molar-refractivity contribution in [2.75, 3.05) is 12.3 Å². The van der Waals surface area contributed by atoms with E-state index in [1.165, 1.54) is 11.8 Å². The van der Waals surface area contributed by atoms with Crippen LogP contribution in [0.25, 0.3) is 0 Å². The molecule has 0 amide bonds. The molecule has 0 saturated carbocycles. The highest BCUT2D eigenvalue weighted by atomic mass is 32.2. The molecule has 0 aromatic rings. The highest BCUT2D eigenvalue weighted by Gasteiger charge is 2.12. The van der Waals surface area contributed by atoms with Crippen LogP contribution >= 0.6 is 11.8 Å². The second kappa shape index (κ2) is 5.22. The summed E-state index contributed by atoms with van der Waals surface area (Å²) >= 11 is 2.01. The predicted molar refractivity (Wildman–Crippen MR) is 59.1 cm³/mol. The van der Waals surface area contributed by atoms with Crippen LogP contribution in [0.3, 0.4) is 0 Å². The number of hydrogen-bond acceptors (Lipinski definition) is 2. The summed E-state index contributed by atoms with van der Waals surface area (Å²) in [4.78, 5) is 0. The van der Waals surface area contributed by atoms with Crippen molar-refractivity contribution in [3.05, 3.63) is 0 Å². The van der Waals surface area contributed by atoms with Crippen LogP contribution in [0.15, 0.2) is 0 Å². The van der Waals surface area contributed by atoms with Gasteiger partial charge in [0.15, 0.2) is 0 Å². The minimum atomic E-state index is -0.798. The topological polar surface area (TPSA) is 26.0 Å². The second-order valence-corrected chi connectivity index (χ2v) is 11.4. The molecule has 0 aliphatic carbocycles. The first-order valence-electron chi connectivity index (χ1n) is 4.27. The Morgan fingerprint density at radius 2 is 1.91 bits per heavy atom. The molecule has 68 valence electrons. The first-order chi connectivity index (χ1) is 4.95. The van der Waals surface area contributed by atoms with Gasteiger partial charge in [0.05, 0.1) is 0 Å². The van der Waals surface area contributed by atoms with Crippen molar-refractivity contribution in [1.29, 1.82) is 0 Å². The van der Waals surface area contributed by atoms with E-state index in [1.54, 1.807) is 0 Å². The maximum absolute atomic E-state index is 5.51. The van der Waals surface area contributed by atoms with Crippen LogP contribution in [-0.2, 0) is 0 Å². The zero-order valence-corrected chi connectivity index (χ0v) is 10.0. The van der Waals surface area contributed by atoms with Crippen LogP contribution < -0.4 is 5.73 Å². The van der Waals surface area contributed by atoms with Crippen molar-refractivity contribution in [3.8, 4) is 0 Å². The lowest BCUT2D eigenvalue weighted by Gasteiger charge is -2.16. The lowest BCUT2D eigenvalue weighted by Crippen LogP contribution is -2.21. The Morgan fingerprint density at radius 3 is 2.27 bits per heavy atom. The quantitative estimate of drug-likeness (QED) is 0.675. The van der Waals surface area contributed by atoms with Crippen LogP contribution in [0, 0.1) is 0 Å². The maximum atomic E-state index is 5.51. The Balaban J connectivity index is 3.28. The van der Waals surface area contributed by atoms with Crippen LogP contribution in [0.4, 0.5) is 0 Å². The highest BCUT2D eigenvalue weighted by Crippen LogP contribution is 2.16. The van der Waals surface area contributed by atoms with Crippen LogP contribution in [-0.4, -0.2) is 25.6 Å². The molecule has 0 bridgehead atoms. The lowest BCUT2D eigenvalue weighted by atomic mass is 10.5. The van der Waals surface area contributed by atoms with Gasteiger partial charge in [-0.3, -0.25) is 0 Å². The van der Waals surface area contributed by atoms with Gasteiger partial charge in [0.25, 0.3) is 0 Å². The molecule has 0 fully saturated rings. The smallest absolute Gasteiger partial charge is 0.0450 e.